The first kappa shape index (κ1) is 30.7. The van der Waals surface area contributed by atoms with Crippen molar-refractivity contribution >= 4 is 5.69 Å². The molecule has 1 fully saturated rings. The van der Waals surface area contributed by atoms with Gasteiger partial charge in [-0.25, -0.2) is 0 Å². The topological polar surface area (TPSA) is 43.4 Å². The van der Waals surface area contributed by atoms with Crippen LogP contribution in [0, 0.1) is 11.8 Å². The number of rotatable bonds is 15. The van der Waals surface area contributed by atoms with E-state index in [0.717, 1.165) is 62.5 Å². The summed E-state index contributed by atoms with van der Waals surface area (Å²) in [5.74, 6) is 3.84. The van der Waals surface area contributed by atoms with Gasteiger partial charge in [-0.05, 0) is 106 Å². The lowest BCUT2D eigenvalue weighted by Crippen LogP contribution is -2.34. The second-order valence-corrected chi connectivity index (χ2v) is 12.0. The molecule has 40 heavy (non-hydrogen) atoms. The summed E-state index contributed by atoms with van der Waals surface area (Å²) in [6.45, 7) is 7.56. The van der Waals surface area contributed by atoms with Crippen molar-refractivity contribution in [1.29, 1.82) is 0 Å². The Kier molecular flexibility index (Phi) is 12.0. The highest BCUT2D eigenvalue weighted by atomic mass is 16.5. The van der Waals surface area contributed by atoms with Crippen LogP contribution in [-0.2, 0) is 16.1 Å². The standard InChI is InChI=1S/C34H52N2O4/c1-6-26(16-18-35(2)3)22-27-8-14-33(31(23-27)29-10-12-30(38-5)13-11-29)40-25-28-9-15-34-32(24-28)36(19-21-39-34)17-7-20-37-4/h9-13,15,24,26-27,31,33H,6-8,14,16-23,25H2,1-5H3/t26-,27+,31-,33+/m1/s1. The summed E-state index contributed by atoms with van der Waals surface area (Å²) < 4.78 is 23.4. The van der Waals surface area contributed by atoms with E-state index in [-0.39, 0.29) is 6.10 Å². The lowest BCUT2D eigenvalue weighted by molar-refractivity contribution is -0.0111. The molecule has 2 aliphatic rings. The molecule has 6 heteroatoms. The van der Waals surface area contributed by atoms with Crippen molar-refractivity contribution in [2.24, 2.45) is 11.8 Å². The molecule has 0 amide bonds. The molecular weight excluding hydrogens is 500 g/mol. The number of nitrogens with zero attached hydrogens (tertiary/aromatic N) is 2. The third-order valence-electron chi connectivity index (χ3n) is 8.89. The van der Waals surface area contributed by atoms with Crippen molar-refractivity contribution in [2.75, 3.05) is 66.1 Å². The van der Waals surface area contributed by atoms with Crippen LogP contribution in [0.2, 0.25) is 0 Å². The van der Waals surface area contributed by atoms with E-state index in [1.165, 1.54) is 55.5 Å². The zero-order valence-corrected chi connectivity index (χ0v) is 25.6. The van der Waals surface area contributed by atoms with Crippen molar-refractivity contribution in [1.82, 2.24) is 4.90 Å². The maximum Gasteiger partial charge on any atom is 0.142 e. The maximum absolute atomic E-state index is 6.76. The fourth-order valence-corrected chi connectivity index (χ4v) is 6.49. The molecule has 0 radical (unpaired) electrons. The van der Waals surface area contributed by atoms with Crippen LogP contribution in [0.15, 0.2) is 42.5 Å². The van der Waals surface area contributed by atoms with Crippen molar-refractivity contribution in [3.05, 3.63) is 53.6 Å². The van der Waals surface area contributed by atoms with E-state index in [9.17, 15) is 0 Å². The molecule has 4 rings (SSSR count). The number of hydrogen-bond acceptors (Lipinski definition) is 6. The molecular formula is C34H52N2O4. The van der Waals surface area contributed by atoms with Crippen LogP contribution in [0.5, 0.6) is 11.5 Å². The minimum absolute atomic E-state index is 0.219. The Labute approximate surface area is 242 Å². The fourth-order valence-electron chi connectivity index (χ4n) is 6.49. The van der Waals surface area contributed by atoms with Crippen LogP contribution < -0.4 is 14.4 Å². The first-order valence-corrected chi connectivity index (χ1v) is 15.4. The second-order valence-electron chi connectivity index (χ2n) is 12.0. The molecule has 0 aromatic heterocycles. The Hall–Kier alpha value is -2.28. The minimum Gasteiger partial charge on any atom is -0.497 e. The average molecular weight is 553 g/mol. The molecule has 2 aromatic rings. The Bertz CT molecular complexity index is 1010. The number of benzene rings is 2. The maximum atomic E-state index is 6.76. The Morgan fingerprint density at radius 1 is 1.07 bits per heavy atom. The number of anilines is 1. The van der Waals surface area contributed by atoms with Gasteiger partial charge in [0.05, 0.1) is 32.1 Å². The third-order valence-corrected chi connectivity index (χ3v) is 8.89. The highest BCUT2D eigenvalue weighted by molar-refractivity contribution is 5.61. The summed E-state index contributed by atoms with van der Waals surface area (Å²) in [4.78, 5) is 4.74. The van der Waals surface area contributed by atoms with Gasteiger partial charge in [0.25, 0.3) is 0 Å². The summed E-state index contributed by atoms with van der Waals surface area (Å²) in [5, 5.41) is 0. The summed E-state index contributed by atoms with van der Waals surface area (Å²) in [6, 6.07) is 15.3. The molecule has 1 heterocycles. The zero-order valence-electron chi connectivity index (χ0n) is 25.6. The third kappa shape index (κ3) is 8.61. The molecule has 1 saturated carbocycles. The van der Waals surface area contributed by atoms with Gasteiger partial charge >= 0.3 is 0 Å². The molecule has 0 N–H and O–H groups in total. The molecule has 1 aliphatic carbocycles. The zero-order chi connectivity index (χ0) is 28.3. The molecule has 0 spiro atoms. The minimum atomic E-state index is 0.219. The van der Waals surface area contributed by atoms with Crippen LogP contribution in [0.1, 0.15) is 68.9 Å². The van der Waals surface area contributed by atoms with E-state index >= 15 is 0 Å². The molecule has 2 aromatic carbocycles. The van der Waals surface area contributed by atoms with Crippen molar-refractivity contribution in [3.8, 4) is 11.5 Å². The van der Waals surface area contributed by atoms with Gasteiger partial charge in [-0.3, -0.25) is 0 Å². The van der Waals surface area contributed by atoms with Gasteiger partial charge < -0.3 is 28.7 Å². The number of methoxy groups -OCH3 is 2. The van der Waals surface area contributed by atoms with Gasteiger partial charge in [-0.2, -0.15) is 0 Å². The fraction of sp³-hybridized carbons (Fsp3) is 0.647. The summed E-state index contributed by atoms with van der Waals surface area (Å²) >= 11 is 0. The first-order chi connectivity index (χ1) is 19.5. The smallest absolute Gasteiger partial charge is 0.142 e. The molecule has 222 valence electrons. The van der Waals surface area contributed by atoms with Crippen molar-refractivity contribution in [2.45, 2.75) is 70.5 Å². The van der Waals surface area contributed by atoms with Crippen molar-refractivity contribution < 1.29 is 18.9 Å². The van der Waals surface area contributed by atoms with Gasteiger partial charge in [0.15, 0.2) is 0 Å². The van der Waals surface area contributed by atoms with E-state index in [1.807, 2.05) is 0 Å². The normalized spacial score (nSPS) is 21.6. The van der Waals surface area contributed by atoms with E-state index < -0.39 is 0 Å². The SMILES string of the molecule is CC[C@H](CCN(C)C)C[C@@H]1CC[C@H](OCc2ccc3c(c2)N(CCCOC)CCO3)[C@@H](c2ccc(OC)cc2)C1. The highest BCUT2D eigenvalue weighted by Crippen LogP contribution is 2.42. The van der Waals surface area contributed by atoms with Gasteiger partial charge in [0.1, 0.15) is 18.1 Å². The lowest BCUT2D eigenvalue weighted by atomic mass is 9.72. The van der Waals surface area contributed by atoms with Gasteiger partial charge in [0, 0.05) is 26.2 Å². The van der Waals surface area contributed by atoms with Gasteiger partial charge in [0.2, 0.25) is 0 Å². The lowest BCUT2D eigenvalue weighted by Gasteiger charge is -2.38. The molecule has 4 atom stereocenters. The van der Waals surface area contributed by atoms with Crippen LogP contribution in [0.25, 0.3) is 0 Å². The molecule has 0 saturated heterocycles. The monoisotopic (exact) mass is 552 g/mol. The molecule has 0 unspecified atom stereocenters. The average Bonchev–Trinajstić information content (AvgIpc) is 2.98. The van der Waals surface area contributed by atoms with E-state index in [1.54, 1.807) is 14.2 Å². The molecule has 1 aliphatic heterocycles. The summed E-state index contributed by atoms with van der Waals surface area (Å²) in [6.07, 6.45) is 8.67. The van der Waals surface area contributed by atoms with Crippen LogP contribution in [0.3, 0.4) is 0 Å². The van der Waals surface area contributed by atoms with E-state index in [2.05, 4.69) is 73.3 Å². The van der Waals surface area contributed by atoms with Crippen LogP contribution in [0.4, 0.5) is 5.69 Å². The molecule has 6 nitrogen and oxygen atoms in total. The number of fused-ring (bicyclic) bond motifs is 1. The Morgan fingerprint density at radius 3 is 2.62 bits per heavy atom. The van der Waals surface area contributed by atoms with E-state index in [4.69, 9.17) is 18.9 Å². The van der Waals surface area contributed by atoms with Gasteiger partial charge in [-0.15, -0.1) is 0 Å². The van der Waals surface area contributed by atoms with Gasteiger partial charge in [-0.1, -0.05) is 31.5 Å². The Morgan fingerprint density at radius 2 is 1.90 bits per heavy atom. The first-order valence-electron chi connectivity index (χ1n) is 15.4. The predicted octanol–water partition coefficient (Wildman–Crippen LogP) is 6.77. The molecule has 0 bridgehead atoms. The number of ether oxygens (including phenoxy) is 4. The number of hydrogen-bond donors (Lipinski definition) is 0. The largest absolute Gasteiger partial charge is 0.497 e. The van der Waals surface area contributed by atoms with Crippen molar-refractivity contribution in [3.63, 3.8) is 0 Å². The quantitative estimate of drug-likeness (QED) is 0.227. The van der Waals surface area contributed by atoms with Crippen LogP contribution in [-0.4, -0.2) is 72.2 Å². The highest BCUT2D eigenvalue weighted by Gasteiger charge is 2.33. The Balaban J connectivity index is 1.44. The summed E-state index contributed by atoms with van der Waals surface area (Å²) in [7, 11) is 7.87. The second kappa shape index (κ2) is 15.6. The van der Waals surface area contributed by atoms with E-state index in [0.29, 0.717) is 12.5 Å². The van der Waals surface area contributed by atoms with Crippen LogP contribution >= 0.6 is 0 Å². The summed E-state index contributed by atoms with van der Waals surface area (Å²) in [5.41, 5.74) is 3.77. The predicted molar refractivity (Wildman–Crippen MR) is 164 cm³/mol.